The molecule has 3 aliphatic rings. The van der Waals surface area contributed by atoms with E-state index in [4.69, 9.17) is 40.1 Å². The smallest absolute Gasteiger partial charge is 0.326 e. The Morgan fingerprint density at radius 1 is 0.602 bits per heavy atom. The number of imidazole rings is 1. The largest absolute Gasteiger partial charge is 0.480 e. The third kappa shape index (κ3) is 26.8. The maximum absolute atomic E-state index is 14.4. The first-order chi connectivity index (χ1) is 46.6. The van der Waals surface area contributed by atoms with Gasteiger partial charge in [0, 0.05) is 57.5 Å². The van der Waals surface area contributed by atoms with Crippen LogP contribution >= 0.6 is 11.8 Å². The number of thioether (sulfide) groups is 1. The van der Waals surface area contributed by atoms with Gasteiger partial charge >= 0.3 is 5.97 Å². The number of unbranched alkanes of at least 4 members (excludes halogenated alkanes) is 1. The standard InChI is InChI=1S/C60H102N22O15S/c1-33(2)27-40(77-50(88)37(12-6-21-69-59(64)65)74-55(93)44-15-9-24-81(44)56(94)38(13-7-22-70-60(66)67)75-48(86)35(62)17-18-46(63)84)51(89)79-42(31-83)53(91)78-41(28-34-29-68-32-72-34)52(90)73-36(11-4-5-20-61)49(87)71-30-47(85)80-23-8-14-43(80)54(92)76-39(19-26-98-3)57(95)82-25-10-16-45(82)58(96)97/h29,32-33,35-45,83H,4-28,30-31,61-62H2,1-3H3,(H2,63,84)(H,68,72)(H,71,87)(H,73,90)(H,74,93)(H,75,86)(H,76,92)(H,77,88)(H,78,91)(H,79,89)(H,96,97)(H4,64,65,69)(H4,66,67,70)/t35-,36-,37-,38-,39-,40-,41-,42-,43-,44-,45-/m0/s1. The number of likely N-dealkylation sites (tertiary alicyclic amines) is 3. The summed E-state index contributed by atoms with van der Waals surface area (Å²) >= 11 is 1.44. The minimum Gasteiger partial charge on any atom is -0.480 e. The summed E-state index contributed by atoms with van der Waals surface area (Å²) in [5.74, 6) is -10.7. The van der Waals surface area contributed by atoms with Crippen LogP contribution in [0.5, 0.6) is 0 Å². The number of aliphatic hydroxyl groups excluding tert-OH is 1. The summed E-state index contributed by atoms with van der Waals surface area (Å²) in [6.07, 6.45) is 7.01. The number of hydrogen-bond donors (Lipinski definition) is 18. The number of amides is 12. The van der Waals surface area contributed by atoms with Crippen LogP contribution in [0.15, 0.2) is 22.5 Å². The molecule has 1 aromatic rings. The quantitative estimate of drug-likeness (QED) is 0.0164. The van der Waals surface area contributed by atoms with Crippen molar-refractivity contribution in [2.75, 3.05) is 64.4 Å². The predicted molar refractivity (Wildman–Crippen MR) is 359 cm³/mol. The van der Waals surface area contributed by atoms with Crippen molar-refractivity contribution < 1.29 is 72.5 Å². The number of aliphatic imine (C=N–C) groups is 2. The second-order valence-electron chi connectivity index (χ2n) is 24.8. The van der Waals surface area contributed by atoms with Crippen LogP contribution in [0, 0.1) is 5.92 Å². The van der Waals surface area contributed by atoms with Crippen molar-refractivity contribution in [2.24, 2.45) is 56.0 Å². The van der Waals surface area contributed by atoms with Gasteiger partial charge in [-0.15, -0.1) is 0 Å². The van der Waals surface area contributed by atoms with Gasteiger partial charge in [-0.05, 0) is 127 Å². The molecule has 0 aromatic carbocycles. The van der Waals surface area contributed by atoms with E-state index in [0.717, 1.165) is 0 Å². The van der Waals surface area contributed by atoms with Crippen LogP contribution in [0.4, 0.5) is 0 Å². The van der Waals surface area contributed by atoms with E-state index >= 15 is 0 Å². The van der Waals surface area contributed by atoms with Crippen LogP contribution in [0.3, 0.4) is 0 Å². The number of aromatic nitrogens is 2. The Morgan fingerprint density at radius 3 is 1.63 bits per heavy atom. The number of carboxylic acids is 1. The molecular weight excluding hydrogens is 1300 g/mol. The van der Waals surface area contributed by atoms with E-state index in [9.17, 15) is 72.5 Å². The van der Waals surface area contributed by atoms with E-state index in [1.807, 2.05) is 6.26 Å². The van der Waals surface area contributed by atoms with E-state index in [0.29, 0.717) is 43.6 Å². The molecule has 548 valence electrons. The van der Waals surface area contributed by atoms with Crippen molar-refractivity contribution in [1.29, 1.82) is 0 Å². The number of hydrogen-bond acceptors (Lipinski definition) is 20. The lowest BCUT2D eigenvalue weighted by Gasteiger charge is -2.31. The monoisotopic (exact) mass is 1400 g/mol. The molecule has 37 nitrogen and oxygen atoms in total. The summed E-state index contributed by atoms with van der Waals surface area (Å²) in [7, 11) is 0. The fraction of sp³-hybridized carbons (Fsp3) is 0.700. The molecule has 4 rings (SSSR count). The SMILES string of the molecule is CSCC[C@H](NC(=O)[C@@H]1CCCN1C(=O)CNC(=O)[C@H](CCCCN)NC(=O)[C@H](Cc1cnc[nH]1)NC(=O)[C@H](CO)NC(=O)[C@H](CC(C)C)NC(=O)[C@H](CCCN=C(N)N)NC(=O)[C@@H]1CCCN1C(=O)[C@H](CCCN=C(N)N)NC(=O)[C@@H](N)CCC(N)=O)C(=O)N1CCC[C@H]1C(=O)O. The molecule has 4 heterocycles. The fourth-order valence-corrected chi connectivity index (χ4v) is 12.0. The number of carbonyl (C=O) groups excluding carboxylic acids is 12. The molecule has 0 spiro atoms. The highest BCUT2D eigenvalue weighted by Crippen LogP contribution is 2.24. The second kappa shape index (κ2) is 42.0. The predicted octanol–water partition coefficient (Wildman–Crippen LogP) is -6.86. The number of aliphatic hydroxyl groups is 1. The minimum atomic E-state index is -1.76. The summed E-state index contributed by atoms with van der Waals surface area (Å²) < 4.78 is 0. The summed E-state index contributed by atoms with van der Waals surface area (Å²) in [5, 5.41) is 41.3. The van der Waals surface area contributed by atoms with Crippen LogP contribution in [0.25, 0.3) is 0 Å². The van der Waals surface area contributed by atoms with E-state index in [1.165, 1.54) is 39.0 Å². The van der Waals surface area contributed by atoms with Crippen molar-refractivity contribution in [3.05, 3.63) is 18.2 Å². The summed E-state index contributed by atoms with van der Waals surface area (Å²) in [6, 6.07) is -14.1. The van der Waals surface area contributed by atoms with E-state index in [-0.39, 0.29) is 141 Å². The maximum Gasteiger partial charge on any atom is 0.326 e. The van der Waals surface area contributed by atoms with Crippen molar-refractivity contribution >= 4 is 101 Å². The first-order valence-corrected chi connectivity index (χ1v) is 34.5. The Hall–Kier alpha value is -8.91. The van der Waals surface area contributed by atoms with Gasteiger partial charge in [0.2, 0.25) is 70.9 Å². The lowest BCUT2D eigenvalue weighted by Crippen LogP contribution is -2.61. The molecule has 0 saturated carbocycles. The number of H-pyrrole nitrogens is 1. The molecule has 3 fully saturated rings. The maximum atomic E-state index is 14.4. The first kappa shape index (κ1) is 81.5. The third-order valence-corrected chi connectivity index (χ3v) is 17.3. The highest BCUT2D eigenvalue weighted by atomic mass is 32.2. The Labute approximate surface area is 572 Å². The molecule has 0 unspecified atom stereocenters. The van der Waals surface area contributed by atoms with E-state index in [1.54, 1.807) is 13.8 Å². The highest BCUT2D eigenvalue weighted by molar-refractivity contribution is 7.98. The minimum absolute atomic E-state index is 0.00807. The van der Waals surface area contributed by atoms with Crippen molar-refractivity contribution in [3.63, 3.8) is 0 Å². The van der Waals surface area contributed by atoms with Crippen molar-refractivity contribution in [2.45, 2.75) is 196 Å². The molecule has 12 amide bonds. The molecule has 0 aliphatic carbocycles. The van der Waals surface area contributed by atoms with Crippen LogP contribution in [0.2, 0.25) is 0 Å². The zero-order valence-corrected chi connectivity index (χ0v) is 56.8. The lowest BCUT2D eigenvalue weighted by molar-refractivity contribution is -0.149. The van der Waals surface area contributed by atoms with E-state index in [2.05, 4.69) is 62.5 Å². The zero-order chi connectivity index (χ0) is 72.6. The molecule has 98 heavy (non-hydrogen) atoms. The molecule has 11 atom stereocenters. The number of carbonyl (C=O) groups is 13. The first-order valence-electron chi connectivity index (χ1n) is 33.1. The van der Waals surface area contributed by atoms with Crippen LogP contribution in [0.1, 0.15) is 129 Å². The molecular formula is C60H102N22O15S. The van der Waals surface area contributed by atoms with Gasteiger partial charge in [-0.1, -0.05) is 13.8 Å². The van der Waals surface area contributed by atoms with Gasteiger partial charge in [-0.2, -0.15) is 11.8 Å². The molecule has 25 N–H and O–H groups in total. The zero-order valence-electron chi connectivity index (χ0n) is 56.0. The van der Waals surface area contributed by atoms with Gasteiger partial charge in [0.15, 0.2) is 11.9 Å². The number of carboxylic acid groups (broad SMARTS) is 1. The molecule has 0 bridgehead atoms. The fourth-order valence-electron chi connectivity index (χ4n) is 11.6. The summed E-state index contributed by atoms with van der Waals surface area (Å²) in [4.78, 5) is 196. The molecule has 0 radical (unpaired) electrons. The number of primary amides is 1. The molecule has 3 aliphatic heterocycles. The van der Waals surface area contributed by atoms with Gasteiger partial charge in [-0.3, -0.25) is 67.5 Å². The molecule has 38 heteroatoms. The number of rotatable bonds is 43. The number of nitrogens with two attached hydrogens (primary N) is 7. The topological polar surface area (TPSA) is 604 Å². The third-order valence-electron chi connectivity index (χ3n) is 16.7. The summed E-state index contributed by atoms with van der Waals surface area (Å²) in [6.45, 7) is 2.62. The average Bonchev–Trinajstić information content (AvgIpc) is 1.63. The van der Waals surface area contributed by atoms with Crippen molar-refractivity contribution in [1.82, 2.24) is 67.2 Å². The van der Waals surface area contributed by atoms with Crippen LogP contribution in [-0.4, -0.2) is 255 Å². The van der Waals surface area contributed by atoms with E-state index < -0.39 is 156 Å². The van der Waals surface area contributed by atoms with Gasteiger partial charge in [0.05, 0.1) is 25.5 Å². The number of nitrogens with zero attached hydrogens (tertiary/aromatic N) is 6. The van der Waals surface area contributed by atoms with Gasteiger partial charge in [-0.25, -0.2) is 9.78 Å². The number of nitrogens with one attached hydrogen (secondary N) is 9. The molecule has 3 saturated heterocycles. The van der Waals surface area contributed by atoms with Crippen molar-refractivity contribution in [3.8, 4) is 0 Å². The Morgan fingerprint density at radius 2 is 1.08 bits per heavy atom. The number of aliphatic carboxylic acids is 1. The summed E-state index contributed by atoms with van der Waals surface area (Å²) in [5.41, 5.74) is 39.5. The van der Waals surface area contributed by atoms with Gasteiger partial charge < -0.3 is 113 Å². The lowest BCUT2D eigenvalue weighted by atomic mass is 10.0. The Kier molecular flexibility index (Phi) is 35.0. The van der Waals surface area contributed by atoms with Gasteiger partial charge in [0.1, 0.15) is 60.4 Å². The van der Waals surface area contributed by atoms with Crippen LogP contribution < -0.4 is 82.7 Å². The normalized spacial score (nSPS) is 18.3. The second-order valence-corrected chi connectivity index (χ2v) is 25.8. The number of aromatic amines is 1. The van der Waals surface area contributed by atoms with Gasteiger partial charge in [0.25, 0.3) is 0 Å². The number of guanidine groups is 2. The highest BCUT2D eigenvalue weighted by Gasteiger charge is 2.43. The Balaban J connectivity index is 1.50. The average molecular weight is 1400 g/mol. The Bertz CT molecular complexity index is 2930. The van der Waals surface area contributed by atoms with Crippen LogP contribution in [-0.2, 0) is 68.7 Å². The molecule has 1 aromatic heterocycles.